The lowest BCUT2D eigenvalue weighted by Crippen LogP contribution is -2.66. The van der Waals surface area contributed by atoms with Gasteiger partial charge in [-0.15, -0.1) is 0 Å². The molecule has 3 fully saturated rings. The Labute approximate surface area is 554 Å². The fourth-order valence-electron chi connectivity index (χ4n) is 12.5. The van der Waals surface area contributed by atoms with E-state index in [0.29, 0.717) is 12.8 Å². The number of nitrogens with one attached hydrogen (secondary N) is 1. The smallest absolute Gasteiger partial charge is 0.220 e. The van der Waals surface area contributed by atoms with E-state index in [1.807, 2.05) is 0 Å². The highest BCUT2D eigenvalue weighted by Crippen LogP contribution is 2.33. The van der Waals surface area contributed by atoms with Crippen molar-refractivity contribution in [2.24, 2.45) is 0 Å². The number of ether oxygens (including phenoxy) is 6. The SMILES string of the molecule is CC/C=C\C/C=C\C/C=C\C/C=C\CCCCCCCCCCCCCCCCCCCCCCCCCCC(=O)NC(COC1OC(CO)C(OC2OC(CO)C(OC3OC(CO)C(O)C(O)C3O)C(O)C2O)C(O)C1O)C(O)CCCCCCCCCCCC. The predicted molar refractivity (Wildman–Crippen MR) is 360 cm³/mol. The van der Waals surface area contributed by atoms with Gasteiger partial charge in [-0.1, -0.05) is 268 Å². The summed E-state index contributed by atoms with van der Waals surface area (Å²) in [6, 6.07) is -0.884. The van der Waals surface area contributed by atoms with Gasteiger partial charge < -0.3 is 89.9 Å². The Bertz CT molecular complexity index is 1860. The minimum Gasteiger partial charge on any atom is -0.394 e. The van der Waals surface area contributed by atoms with Crippen LogP contribution in [0.2, 0.25) is 0 Å². The molecule has 3 aliphatic heterocycles. The van der Waals surface area contributed by atoms with Crippen LogP contribution < -0.4 is 5.32 Å². The van der Waals surface area contributed by atoms with E-state index in [1.165, 1.54) is 173 Å². The summed E-state index contributed by atoms with van der Waals surface area (Å²) in [7, 11) is 0. The minimum atomic E-state index is -1.97. The number of hydrogen-bond acceptors (Lipinski definition) is 18. The topological polar surface area (TPSA) is 307 Å². The molecule has 3 rings (SSSR count). The van der Waals surface area contributed by atoms with Gasteiger partial charge in [0.25, 0.3) is 0 Å². The molecule has 3 saturated heterocycles. The first-order chi connectivity index (χ1) is 44.8. The molecule has 19 heteroatoms. The van der Waals surface area contributed by atoms with E-state index < -0.39 is 124 Å². The molecule has 0 radical (unpaired) electrons. The molecule has 3 aliphatic rings. The third-order valence-electron chi connectivity index (χ3n) is 18.4. The molecule has 0 saturated carbocycles. The summed E-state index contributed by atoms with van der Waals surface area (Å²) in [6.07, 6.45) is 39.6. The molecule has 3 heterocycles. The number of unbranched alkanes of at least 4 members (excludes halogenated alkanes) is 33. The van der Waals surface area contributed by atoms with Gasteiger partial charge in [0.1, 0.15) is 73.2 Å². The molecule has 92 heavy (non-hydrogen) atoms. The maximum absolute atomic E-state index is 13.4. The van der Waals surface area contributed by atoms with Gasteiger partial charge in [-0.3, -0.25) is 4.79 Å². The maximum atomic E-state index is 13.4. The lowest BCUT2D eigenvalue weighted by molar-refractivity contribution is -0.379. The highest BCUT2D eigenvalue weighted by Gasteiger charge is 2.53. The van der Waals surface area contributed by atoms with Crippen molar-refractivity contribution in [1.29, 1.82) is 0 Å². The Hall–Kier alpha value is -2.25. The summed E-state index contributed by atoms with van der Waals surface area (Å²) in [4.78, 5) is 13.4. The third-order valence-corrected chi connectivity index (χ3v) is 18.4. The third kappa shape index (κ3) is 35.8. The van der Waals surface area contributed by atoms with Gasteiger partial charge in [-0.2, -0.15) is 0 Å². The Morgan fingerprint density at radius 1 is 0.402 bits per heavy atom. The van der Waals surface area contributed by atoms with Crippen molar-refractivity contribution in [3.63, 3.8) is 0 Å². The summed E-state index contributed by atoms with van der Waals surface area (Å²) < 4.78 is 34.4. The fourth-order valence-corrected chi connectivity index (χ4v) is 12.5. The number of rotatable bonds is 57. The molecule has 19 nitrogen and oxygen atoms in total. The van der Waals surface area contributed by atoms with Gasteiger partial charge in [0.05, 0.1) is 38.6 Å². The summed E-state index contributed by atoms with van der Waals surface area (Å²) >= 11 is 0. The summed E-state index contributed by atoms with van der Waals surface area (Å²) in [6.45, 7) is 1.67. The van der Waals surface area contributed by atoms with Gasteiger partial charge >= 0.3 is 0 Å². The van der Waals surface area contributed by atoms with Crippen molar-refractivity contribution < 1.29 is 89.4 Å². The highest BCUT2D eigenvalue weighted by atomic mass is 16.8. The molecular formula is C73H133NO18. The number of hydrogen-bond donors (Lipinski definition) is 12. The summed E-state index contributed by atoms with van der Waals surface area (Å²) in [5.41, 5.74) is 0. The zero-order valence-corrected chi connectivity index (χ0v) is 57.0. The molecule has 0 aromatic rings. The number of aliphatic hydroxyl groups excluding tert-OH is 11. The van der Waals surface area contributed by atoms with Gasteiger partial charge in [-0.25, -0.2) is 0 Å². The van der Waals surface area contributed by atoms with E-state index in [0.717, 1.165) is 70.6 Å². The molecule has 538 valence electrons. The molecule has 17 atom stereocenters. The highest BCUT2D eigenvalue weighted by molar-refractivity contribution is 5.76. The van der Waals surface area contributed by atoms with E-state index in [1.54, 1.807) is 0 Å². The molecule has 0 aromatic carbocycles. The van der Waals surface area contributed by atoms with Crippen LogP contribution in [0.4, 0.5) is 0 Å². The van der Waals surface area contributed by atoms with Gasteiger partial charge in [0.2, 0.25) is 5.91 Å². The zero-order valence-electron chi connectivity index (χ0n) is 57.0. The van der Waals surface area contributed by atoms with Crippen molar-refractivity contribution >= 4 is 5.91 Å². The number of amides is 1. The van der Waals surface area contributed by atoms with Crippen molar-refractivity contribution in [2.75, 3.05) is 26.4 Å². The first-order valence-electron chi connectivity index (χ1n) is 36.9. The molecule has 0 spiro atoms. The number of carbonyl (C=O) groups excluding carboxylic acids is 1. The van der Waals surface area contributed by atoms with Crippen molar-refractivity contribution in [3.05, 3.63) is 48.6 Å². The van der Waals surface area contributed by atoms with Gasteiger partial charge in [0, 0.05) is 6.42 Å². The van der Waals surface area contributed by atoms with E-state index in [-0.39, 0.29) is 18.9 Å². The minimum absolute atomic E-state index is 0.241. The lowest BCUT2D eigenvalue weighted by atomic mass is 9.96. The van der Waals surface area contributed by atoms with Crippen LogP contribution in [0.3, 0.4) is 0 Å². The zero-order chi connectivity index (χ0) is 66.8. The van der Waals surface area contributed by atoms with Crippen LogP contribution in [-0.2, 0) is 33.2 Å². The number of aliphatic hydroxyl groups is 11. The second-order valence-electron chi connectivity index (χ2n) is 26.4. The van der Waals surface area contributed by atoms with E-state index in [9.17, 15) is 61.0 Å². The fraction of sp³-hybridized carbons (Fsp3) is 0.877. The predicted octanol–water partition coefficient (Wildman–Crippen LogP) is 10.6. The van der Waals surface area contributed by atoms with Crippen LogP contribution in [0.5, 0.6) is 0 Å². The van der Waals surface area contributed by atoms with Crippen molar-refractivity contribution in [2.45, 2.75) is 381 Å². The Morgan fingerprint density at radius 3 is 1.17 bits per heavy atom. The molecule has 0 bridgehead atoms. The van der Waals surface area contributed by atoms with Crippen LogP contribution in [0.1, 0.15) is 277 Å². The van der Waals surface area contributed by atoms with E-state index in [4.69, 9.17) is 28.4 Å². The second-order valence-corrected chi connectivity index (χ2v) is 26.4. The quantitative estimate of drug-likeness (QED) is 0.0199. The number of allylic oxidation sites excluding steroid dienone is 8. The van der Waals surface area contributed by atoms with E-state index in [2.05, 4.69) is 67.8 Å². The molecule has 0 aliphatic carbocycles. The first kappa shape index (κ1) is 84.0. The normalized spacial score (nSPS) is 27.9. The van der Waals surface area contributed by atoms with Crippen LogP contribution in [0, 0.1) is 0 Å². The van der Waals surface area contributed by atoms with Gasteiger partial charge in [-0.05, 0) is 51.4 Å². The van der Waals surface area contributed by atoms with Crippen molar-refractivity contribution in [1.82, 2.24) is 5.32 Å². The Kier molecular flexibility index (Phi) is 50.0. The van der Waals surface area contributed by atoms with Crippen LogP contribution >= 0.6 is 0 Å². The van der Waals surface area contributed by atoms with Gasteiger partial charge in [0.15, 0.2) is 18.9 Å². The van der Waals surface area contributed by atoms with Crippen molar-refractivity contribution in [3.8, 4) is 0 Å². The molecule has 1 amide bonds. The number of carbonyl (C=O) groups is 1. The summed E-state index contributed by atoms with van der Waals surface area (Å²) in [5, 5.41) is 120. The van der Waals surface area contributed by atoms with E-state index >= 15 is 0 Å². The molecule has 17 unspecified atom stereocenters. The molecular weight excluding hydrogens is 1180 g/mol. The lowest BCUT2D eigenvalue weighted by Gasteiger charge is -2.48. The second kappa shape index (κ2) is 54.7. The monoisotopic (exact) mass is 1310 g/mol. The van der Waals surface area contributed by atoms with Crippen LogP contribution in [0.15, 0.2) is 48.6 Å². The summed E-state index contributed by atoms with van der Waals surface area (Å²) in [5.74, 6) is -0.241. The Balaban J connectivity index is 1.28. The molecule has 0 aromatic heterocycles. The average Bonchev–Trinajstić information content (AvgIpc) is 0.799. The first-order valence-corrected chi connectivity index (χ1v) is 36.9. The standard InChI is InChI=1S/C73H133NO18/c1-3-5-7-9-11-13-15-16-17-18-19-20-21-22-23-24-25-26-27-28-29-30-31-32-33-34-35-36-37-38-39-40-41-43-45-47-49-51-61(79)74-56(57(78)50-48-46-44-42-14-12-10-8-6-4-2)55-87-71-67(85)64(82)69(59(53-76)89-71)92-73-68(86)65(83)70(60(54-77)90-73)91-72-66(84)63(81)62(80)58(52-75)88-72/h5,7,11,13,16-17,19-20,56-60,62-73,75-78,80-86H,3-4,6,8-10,12,14-15,18,21-55H2,1-2H3,(H,74,79)/b7-5-,13-11-,17-16-,20-19-. The largest absolute Gasteiger partial charge is 0.394 e. The maximum Gasteiger partial charge on any atom is 0.220 e. The van der Waals surface area contributed by atoms with Crippen LogP contribution in [-0.4, -0.2) is 193 Å². The van der Waals surface area contributed by atoms with Crippen LogP contribution in [0.25, 0.3) is 0 Å². The average molecular weight is 1310 g/mol. The molecule has 12 N–H and O–H groups in total. The Morgan fingerprint density at radius 2 is 0.750 bits per heavy atom.